The molecule has 7 heteroatoms. The molecule has 0 amide bonds. The Morgan fingerprint density at radius 2 is 1.94 bits per heavy atom. The molecular weight excluding hydrogens is 230 g/mol. The van der Waals surface area contributed by atoms with Gasteiger partial charge in [0.1, 0.15) is 0 Å². The third-order valence-electron chi connectivity index (χ3n) is 1.89. The number of carbonyl (C=O) groups excluding carboxylic acids is 1. The number of nitrogens with two attached hydrogens (primary N) is 1. The first-order chi connectivity index (χ1) is 7.29. The predicted octanol–water partition coefficient (Wildman–Crippen LogP) is 2.21. The number of carbonyl (C=O) groups is 1. The highest BCUT2D eigenvalue weighted by Crippen LogP contribution is 2.34. The maximum atomic E-state index is 13.2. The highest BCUT2D eigenvalue weighted by Gasteiger charge is 2.35. The molecular formula is C9H7F4NO2. The summed E-state index contributed by atoms with van der Waals surface area (Å²) in [6.07, 6.45) is -4.85. The Bertz CT molecular complexity index is 428. The molecule has 0 aliphatic heterocycles. The van der Waals surface area contributed by atoms with Gasteiger partial charge >= 0.3 is 12.1 Å². The molecule has 3 nitrogen and oxygen atoms in total. The molecule has 1 rings (SSSR count). The van der Waals surface area contributed by atoms with Crippen molar-refractivity contribution in [2.24, 2.45) is 0 Å². The zero-order valence-electron chi connectivity index (χ0n) is 8.06. The fourth-order valence-electron chi connectivity index (χ4n) is 1.10. The first kappa shape index (κ1) is 12.3. The average molecular weight is 237 g/mol. The summed E-state index contributed by atoms with van der Waals surface area (Å²) in [5.41, 5.74) is 2.25. The van der Waals surface area contributed by atoms with Gasteiger partial charge in [-0.2, -0.15) is 13.2 Å². The van der Waals surface area contributed by atoms with Crippen LogP contribution in [0.1, 0.15) is 15.9 Å². The summed E-state index contributed by atoms with van der Waals surface area (Å²) in [7, 11) is 1.01. The summed E-state index contributed by atoms with van der Waals surface area (Å²) < 4.78 is 54.1. The number of ether oxygens (including phenoxy) is 1. The lowest BCUT2D eigenvalue weighted by Crippen LogP contribution is -2.14. The molecule has 0 aliphatic carbocycles. The molecule has 0 aliphatic rings. The largest absolute Gasteiger partial charge is 0.465 e. The van der Waals surface area contributed by atoms with Gasteiger partial charge < -0.3 is 10.5 Å². The Morgan fingerprint density at radius 3 is 2.38 bits per heavy atom. The number of halogens is 4. The van der Waals surface area contributed by atoms with Crippen LogP contribution in [0.2, 0.25) is 0 Å². The molecule has 0 atom stereocenters. The second-order valence-corrected chi connectivity index (χ2v) is 2.88. The lowest BCUT2D eigenvalue weighted by molar-refractivity contribution is -0.139. The van der Waals surface area contributed by atoms with Gasteiger partial charge in [-0.25, -0.2) is 9.18 Å². The van der Waals surface area contributed by atoms with Crippen molar-refractivity contribution in [3.05, 3.63) is 29.1 Å². The molecule has 88 valence electrons. The Hall–Kier alpha value is -1.79. The van der Waals surface area contributed by atoms with Gasteiger partial charge in [-0.3, -0.25) is 0 Å². The Balaban J connectivity index is 3.35. The number of hydrogen-bond donors (Lipinski definition) is 1. The van der Waals surface area contributed by atoms with Crippen molar-refractivity contribution in [2.75, 3.05) is 12.8 Å². The van der Waals surface area contributed by atoms with E-state index < -0.39 is 34.8 Å². The molecule has 0 aromatic heterocycles. The van der Waals surface area contributed by atoms with Gasteiger partial charge in [0.15, 0.2) is 5.82 Å². The van der Waals surface area contributed by atoms with E-state index in [0.717, 1.165) is 13.2 Å². The van der Waals surface area contributed by atoms with Gasteiger partial charge in [-0.15, -0.1) is 0 Å². The number of benzene rings is 1. The van der Waals surface area contributed by atoms with Gasteiger partial charge in [0.2, 0.25) is 0 Å². The summed E-state index contributed by atoms with van der Waals surface area (Å²) in [5, 5.41) is 0. The highest BCUT2D eigenvalue weighted by atomic mass is 19.4. The zero-order valence-corrected chi connectivity index (χ0v) is 8.06. The van der Waals surface area contributed by atoms with Gasteiger partial charge in [-0.1, -0.05) is 0 Å². The predicted molar refractivity (Wildman–Crippen MR) is 47.2 cm³/mol. The maximum Gasteiger partial charge on any atom is 0.419 e. The van der Waals surface area contributed by atoms with Crippen molar-refractivity contribution in [3.63, 3.8) is 0 Å². The van der Waals surface area contributed by atoms with Crippen LogP contribution in [-0.2, 0) is 10.9 Å². The summed E-state index contributed by atoms with van der Waals surface area (Å²) in [6.45, 7) is 0. The van der Waals surface area contributed by atoms with Crippen LogP contribution in [0, 0.1) is 5.82 Å². The van der Waals surface area contributed by atoms with Crippen LogP contribution in [0.5, 0.6) is 0 Å². The third kappa shape index (κ3) is 2.07. The van der Waals surface area contributed by atoms with E-state index in [1.807, 2.05) is 0 Å². The number of methoxy groups -OCH3 is 1. The van der Waals surface area contributed by atoms with Gasteiger partial charge in [0.05, 0.1) is 23.9 Å². The Morgan fingerprint density at radius 1 is 1.38 bits per heavy atom. The van der Waals surface area contributed by atoms with E-state index in [1.165, 1.54) is 0 Å². The molecule has 16 heavy (non-hydrogen) atoms. The number of hydrogen-bond acceptors (Lipinski definition) is 3. The standard InChI is InChI=1S/C9H7F4NO2/c1-16-8(15)4-2-3-5(9(11,12)13)6(10)7(4)14/h2-3H,14H2,1H3. The number of nitrogen functional groups attached to an aromatic ring is 1. The Labute approximate surface area is 87.8 Å². The van der Waals surface area contributed by atoms with Crippen molar-refractivity contribution in [1.29, 1.82) is 0 Å². The monoisotopic (exact) mass is 237 g/mol. The zero-order chi connectivity index (χ0) is 12.5. The normalized spacial score (nSPS) is 11.3. The minimum absolute atomic E-state index is 0.437. The number of anilines is 1. The van der Waals surface area contributed by atoms with Crippen molar-refractivity contribution in [3.8, 4) is 0 Å². The Kier molecular flexibility index (Phi) is 3.06. The van der Waals surface area contributed by atoms with E-state index in [-0.39, 0.29) is 0 Å². The van der Waals surface area contributed by atoms with E-state index >= 15 is 0 Å². The molecule has 0 heterocycles. The van der Waals surface area contributed by atoms with Crippen molar-refractivity contribution < 1.29 is 27.1 Å². The first-order valence-corrected chi connectivity index (χ1v) is 4.02. The summed E-state index contributed by atoms with van der Waals surface area (Å²) in [4.78, 5) is 11.0. The average Bonchev–Trinajstić information content (AvgIpc) is 2.19. The van der Waals surface area contributed by atoms with Crippen molar-refractivity contribution in [1.82, 2.24) is 0 Å². The summed E-state index contributed by atoms with van der Waals surface area (Å²) in [5.74, 6) is -2.67. The molecule has 0 radical (unpaired) electrons. The topological polar surface area (TPSA) is 52.3 Å². The van der Waals surface area contributed by atoms with E-state index in [0.29, 0.717) is 6.07 Å². The second-order valence-electron chi connectivity index (χ2n) is 2.88. The van der Waals surface area contributed by atoms with Gasteiger partial charge in [0, 0.05) is 0 Å². The van der Waals surface area contributed by atoms with E-state index in [2.05, 4.69) is 4.74 Å². The van der Waals surface area contributed by atoms with Crippen molar-refractivity contribution in [2.45, 2.75) is 6.18 Å². The van der Waals surface area contributed by atoms with E-state index in [4.69, 9.17) is 5.73 Å². The number of alkyl halides is 3. The molecule has 0 saturated carbocycles. The molecule has 0 saturated heterocycles. The van der Waals surface area contributed by atoms with Crippen LogP contribution in [0.15, 0.2) is 12.1 Å². The van der Waals surface area contributed by atoms with Crippen LogP contribution >= 0.6 is 0 Å². The first-order valence-electron chi connectivity index (χ1n) is 4.02. The fourth-order valence-corrected chi connectivity index (χ4v) is 1.10. The van der Waals surface area contributed by atoms with E-state index in [9.17, 15) is 22.4 Å². The van der Waals surface area contributed by atoms with Gasteiger partial charge in [-0.05, 0) is 12.1 Å². The molecule has 0 fully saturated rings. The lowest BCUT2D eigenvalue weighted by atomic mass is 10.1. The summed E-state index contributed by atoms with van der Waals surface area (Å²) >= 11 is 0. The molecule has 1 aromatic rings. The fraction of sp³-hybridized carbons (Fsp3) is 0.222. The molecule has 1 aromatic carbocycles. The van der Waals surface area contributed by atoms with Crippen LogP contribution in [0.3, 0.4) is 0 Å². The van der Waals surface area contributed by atoms with Crippen LogP contribution in [-0.4, -0.2) is 13.1 Å². The minimum Gasteiger partial charge on any atom is -0.465 e. The SMILES string of the molecule is COC(=O)c1ccc(C(F)(F)F)c(F)c1N. The quantitative estimate of drug-likeness (QED) is 0.463. The smallest absolute Gasteiger partial charge is 0.419 e. The van der Waals surface area contributed by atoms with Crippen LogP contribution in [0.25, 0.3) is 0 Å². The number of rotatable bonds is 1. The molecule has 0 unspecified atom stereocenters. The lowest BCUT2D eigenvalue weighted by Gasteiger charge is -2.11. The second kappa shape index (κ2) is 3.99. The van der Waals surface area contributed by atoms with E-state index in [1.54, 1.807) is 0 Å². The summed E-state index contributed by atoms with van der Waals surface area (Å²) in [6, 6.07) is 1.21. The van der Waals surface area contributed by atoms with Crippen molar-refractivity contribution >= 4 is 11.7 Å². The molecule has 2 N–H and O–H groups in total. The highest BCUT2D eigenvalue weighted by molar-refractivity contribution is 5.95. The third-order valence-corrected chi connectivity index (χ3v) is 1.89. The molecule has 0 bridgehead atoms. The minimum atomic E-state index is -4.85. The number of esters is 1. The molecule has 0 spiro atoms. The van der Waals surface area contributed by atoms with Crippen LogP contribution in [0.4, 0.5) is 23.2 Å². The van der Waals surface area contributed by atoms with Crippen LogP contribution < -0.4 is 5.73 Å². The van der Waals surface area contributed by atoms with Gasteiger partial charge in [0.25, 0.3) is 0 Å². The maximum absolute atomic E-state index is 13.2.